The van der Waals surface area contributed by atoms with Crippen molar-refractivity contribution in [3.8, 4) is 5.75 Å². The molecular weight excluding hydrogens is 298 g/mol. The third-order valence-electron chi connectivity index (χ3n) is 3.79. The summed E-state index contributed by atoms with van der Waals surface area (Å²) in [7, 11) is 3.47. The number of aryl methyl sites for hydroxylation is 1. The molecule has 0 bridgehead atoms. The second-order valence-corrected chi connectivity index (χ2v) is 5.42. The Kier molecular flexibility index (Phi) is 3.73. The van der Waals surface area contributed by atoms with Crippen LogP contribution in [0.25, 0.3) is 0 Å². The molecule has 0 saturated heterocycles. The molecule has 1 atom stereocenters. The molecule has 1 aliphatic heterocycles. The van der Waals surface area contributed by atoms with Gasteiger partial charge in [0, 0.05) is 19.7 Å². The standard InChI is InChI=1S/C15H17N5O3/c1-9(14-18-16-8-19(14)2)17-15(22)10-4-5-12-11(6-10)20(3)13(21)7-23-12/h4-6,8-9H,7H2,1-3H3,(H,17,22)/t9-/m1/s1. The molecule has 0 saturated carbocycles. The maximum Gasteiger partial charge on any atom is 0.264 e. The Bertz CT molecular complexity index is 770. The summed E-state index contributed by atoms with van der Waals surface area (Å²) < 4.78 is 7.10. The second-order valence-electron chi connectivity index (χ2n) is 5.42. The highest BCUT2D eigenvalue weighted by Gasteiger charge is 2.24. The molecule has 1 aromatic heterocycles. The van der Waals surface area contributed by atoms with E-state index in [1.807, 2.05) is 14.0 Å². The molecule has 0 aliphatic carbocycles. The predicted molar refractivity (Wildman–Crippen MR) is 82.2 cm³/mol. The van der Waals surface area contributed by atoms with Gasteiger partial charge in [-0.3, -0.25) is 9.59 Å². The highest BCUT2D eigenvalue weighted by Crippen LogP contribution is 2.32. The van der Waals surface area contributed by atoms with Crippen molar-refractivity contribution in [3.05, 3.63) is 35.9 Å². The molecule has 8 nitrogen and oxygen atoms in total. The third kappa shape index (κ3) is 2.75. The van der Waals surface area contributed by atoms with Crippen LogP contribution in [-0.2, 0) is 11.8 Å². The van der Waals surface area contributed by atoms with Gasteiger partial charge in [0.2, 0.25) is 0 Å². The number of ether oxygens (including phenoxy) is 1. The van der Waals surface area contributed by atoms with Gasteiger partial charge < -0.3 is 19.5 Å². The van der Waals surface area contributed by atoms with Gasteiger partial charge in [0.1, 0.15) is 12.1 Å². The molecule has 0 fully saturated rings. The number of aromatic nitrogens is 3. The summed E-state index contributed by atoms with van der Waals surface area (Å²) in [6.07, 6.45) is 1.58. The molecular formula is C15H17N5O3. The Balaban J connectivity index is 1.81. The summed E-state index contributed by atoms with van der Waals surface area (Å²) in [5, 5.41) is 10.6. The average Bonchev–Trinajstić information content (AvgIpc) is 2.97. The lowest BCUT2D eigenvalue weighted by Gasteiger charge is -2.26. The van der Waals surface area contributed by atoms with Crippen molar-refractivity contribution in [2.24, 2.45) is 7.05 Å². The summed E-state index contributed by atoms with van der Waals surface area (Å²) in [6, 6.07) is 4.72. The Morgan fingerprint density at radius 3 is 2.87 bits per heavy atom. The lowest BCUT2D eigenvalue weighted by Crippen LogP contribution is -2.36. The fourth-order valence-corrected chi connectivity index (χ4v) is 2.44. The molecule has 2 heterocycles. The van der Waals surface area contributed by atoms with Crippen LogP contribution in [0.3, 0.4) is 0 Å². The third-order valence-corrected chi connectivity index (χ3v) is 3.79. The zero-order chi connectivity index (χ0) is 16.6. The molecule has 23 heavy (non-hydrogen) atoms. The van der Waals surface area contributed by atoms with E-state index in [-0.39, 0.29) is 24.5 Å². The van der Waals surface area contributed by atoms with E-state index in [1.165, 1.54) is 4.90 Å². The number of hydrogen-bond acceptors (Lipinski definition) is 5. The Hall–Kier alpha value is -2.90. The first-order valence-corrected chi connectivity index (χ1v) is 7.15. The van der Waals surface area contributed by atoms with Crippen molar-refractivity contribution in [2.45, 2.75) is 13.0 Å². The van der Waals surface area contributed by atoms with Gasteiger partial charge in [-0.1, -0.05) is 0 Å². The summed E-state index contributed by atoms with van der Waals surface area (Å²) >= 11 is 0. The zero-order valence-electron chi connectivity index (χ0n) is 13.1. The smallest absolute Gasteiger partial charge is 0.264 e. The quantitative estimate of drug-likeness (QED) is 0.899. The molecule has 1 aromatic carbocycles. The molecule has 1 aliphatic rings. The number of carbonyl (C=O) groups excluding carboxylic acids is 2. The summed E-state index contributed by atoms with van der Waals surface area (Å²) in [5.41, 5.74) is 1.03. The normalized spacial score (nSPS) is 14.9. The van der Waals surface area contributed by atoms with E-state index < -0.39 is 0 Å². The van der Waals surface area contributed by atoms with Gasteiger partial charge in [0.15, 0.2) is 12.4 Å². The number of anilines is 1. The van der Waals surface area contributed by atoms with Gasteiger partial charge in [-0.25, -0.2) is 0 Å². The molecule has 1 N–H and O–H groups in total. The highest BCUT2D eigenvalue weighted by molar-refractivity contribution is 6.01. The summed E-state index contributed by atoms with van der Waals surface area (Å²) in [6.45, 7) is 1.84. The van der Waals surface area contributed by atoms with E-state index in [1.54, 1.807) is 36.1 Å². The van der Waals surface area contributed by atoms with Gasteiger partial charge >= 0.3 is 0 Å². The van der Waals surface area contributed by atoms with E-state index >= 15 is 0 Å². The number of carbonyl (C=O) groups is 2. The van der Waals surface area contributed by atoms with Gasteiger partial charge in [-0.05, 0) is 25.1 Å². The van der Waals surface area contributed by atoms with Crippen molar-refractivity contribution in [2.75, 3.05) is 18.6 Å². The fraction of sp³-hybridized carbons (Fsp3) is 0.333. The Labute approximate surface area is 133 Å². The van der Waals surface area contributed by atoms with Crippen LogP contribution in [0.15, 0.2) is 24.5 Å². The lowest BCUT2D eigenvalue weighted by molar-refractivity contribution is -0.120. The molecule has 8 heteroatoms. The maximum absolute atomic E-state index is 12.4. The number of hydrogen-bond donors (Lipinski definition) is 1. The maximum atomic E-state index is 12.4. The van der Waals surface area contributed by atoms with E-state index in [9.17, 15) is 9.59 Å². The van der Waals surface area contributed by atoms with Crippen LogP contribution >= 0.6 is 0 Å². The molecule has 0 unspecified atom stereocenters. The lowest BCUT2D eigenvalue weighted by atomic mass is 10.1. The average molecular weight is 315 g/mol. The number of nitrogens with one attached hydrogen (secondary N) is 1. The molecule has 3 rings (SSSR count). The number of nitrogens with zero attached hydrogens (tertiary/aromatic N) is 4. The van der Waals surface area contributed by atoms with Crippen LogP contribution in [0.2, 0.25) is 0 Å². The van der Waals surface area contributed by atoms with Crippen molar-refractivity contribution in [1.29, 1.82) is 0 Å². The van der Waals surface area contributed by atoms with E-state index in [0.717, 1.165) is 0 Å². The number of amides is 2. The van der Waals surface area contributed by atoms with Gasteiger partial charge in [-0.15, -0.1) is 10.2 Å². The zero-order valence-corrected chi connectivity index (χ0v) is 13.1. The number of rotatable bonds is 3. The van der Waals surface area contributed by atoms with Crippen LogP contribution in [0.1, 0.15) is 29.1 Å². The van der Waals surface area contributed by atoms with Crippen LogP contribution in [0.4, 0.5) is 5.69 Å². The van der Waals surface area contributed by atoms with Gasteiger partial charge in [0.25, 0.3) is 11.8 Å². The van der Waals surface area contributed by atoms with Crippen molar-refractivity contribution >= 4 is 17.5 Å². The number of fused-ring (bicyclic) bond motifs is 1. The monoisotopic (exact) mass is 315 g/mol. The van der Waals surface area contributed by atoms with Crippen molar-refractivity contribution < 1.29 is 14.3 Å². The van der Waals surface area contributed by atoms with Crippen LogP contribution < -0.4 is 15.0 Å². The highest BCUT2D eigenvalue weighted by atomic mass is 16.5. The van der Waals surface area contributed by atoms with Gasteiger partial charge in [-0.2, -0.15) is 0 Å². The molecule has 0 spiro atoms. The molecule has 0 radical (unpaired) electrons. The molecule has 2 amide bonds. The molecule has 2 aromatic rings. The first-order valence-electron chi connectivity index (χ1n) is 7.15. The van der Waals surface area contributed by atoms with Crippen LogP contribution in [0.5, 0.6) is 5.75 Å². The SMILES string of the molecule is C[C@@H](NC(=O)c1ccc2c(c1)N(C)C(=O)CO2)c1nncn1C. The number of benzene rings is 1. The topological polar surface area (TPSA) is 89.3 Å². The van der Waals surface area contributed by atoms with E-state index in [4.69, 9.17) is 4.74 Å². The van der Waals surface area contributed by atoms with Crippen molar-refractivity contribution in [3.63, 3.8) is 0 Å². The predicted octanol–water partition coefficient (Wildman–Crippen LogP) is 0.661. The second kappa shape index (κ2) is 5.71. The van der Waals surface area contributed by atoms with Crippen LogP contribution in [-0.4, -0.2) is 40.2 Å². The summed E-state index contributed by atoms with van der Waals surface area (Å²) in [4.78, 5) is 25.6. The van der Waals surface area contributed by atoms with Gasteiger partial charge in [0.05, 0.1) is 11.7 Å². The largest absolute Gasteiger partial charge is 0.482 e. The Morgan fingerprint density at radius 1 is 1.39 bits per heavy atom. The Morgan fingerprint density at radius 2 is 2.17 bits per heavy atom. The van der Waals surface area contributed by atoms with Crippen LogP contribution in [0, 0.1) is 0 Å². The van der Waals surface area contributed by atoms with E-state index in [0.29, 0.717) is 22.8 Å². The number of likely N-dealkylation sites (N-methyl/N-ethyl adjacent to an activating group) is 1. The van der Waals surface area contributed by atoms with Crippen molar-refractivity contribution in [1.82, 2.24) is 20.1 Å². The minimum Gasteiger partial charge on any atom is -0.482 e. The summed E-state index contributed by atoms with van der Waals surface area (Å²) in [5.74, 6) is 0.842. The van der Waals surface area contributed by atoms with E-state index in [2.05, 4.69) is 15.5 Å². The molecule has 120 valence electrons. The fourth-order valence-electron chi connectivity index (χ4n) is 2.44. The minimum atomic E-state index is -0.290. The minimum absolute atomic E-state index is 0.0121. The first kappa shape index (κ1) is 15.0. The first-order chi connectivity index (χ1) is 11.0.